The maximum Gasteiger partial charge on any atom is 0.212 e. The summed E-state index contributed by atoms with van der Waals surface area (Å²) in [5, 5.41) is 1.06. The lowest BCUT2D eigenvalue weighted by Crippen LogP contribution is -1.96. The number of rotatable bonds is 6. The van der Waals surface area contributed by atoms with E-state index in [-0.39, 0.29) is 0 Å². The van der Waals surface area contributed by atoms with Crippen LogP contribution in [-0.2, 0) is 6.42 Å². The number of nitrogens with two attached hydrogens (primary N) is 1. The van der Waals surface area contributed by atoms with E-state index in [1.54, 1.807) is 32.5 Å². The molecule has 1 aromatic heterocycles. The minimum Gasteiger partial charge on any atom is -0.496 e. The zero-order valence-electron chi connectivity index (χ0n) is 14.8. The van der Waals surface area contributed by atoms with Gasteiger partial charge in [-0.2, -0.15) is 0 Å². The Labute approximate surface area is 172 Å². The molecular formula is C20H18Cl2N2O2S. The zero-order valence-corrected chi connectivity index (χ0v) is 17.2. The zero-order chi connectivity index (χ0) is 19.4. The van der Waals surface area contributed by atoms with Crippen LogP contribution in [0.3, 0.4) is 0 Å². The normalized spacial score (nSPS) is 10.7. The number of methoxy groups -OCH3 is 2. The number of halogens is 2. The Kier molecular flexibility index (Phi) is 6.37. The van der Waals surface area contributed by atoms with Crippen LogP contribution in [0.25, 0.3) is 0 Å². The number of pyridine rings is 1. The van der Waals surface area contributed by atoms with E-state index in [1.807, 2.05) is 24.3 Å². The molecule has 27 heavy (non-hydrogen) atoms. The van der Waals surface area contributed by atoms with E-state index >= 15 is 0 Å². The predicted molar refractivity (Wildman–Crippen MR) is 112 cm³/mol. The second-order valence-electron chi connectivity index (χ2n) is 5.77. The molecule has 0 saturated carbocycles. The van der Waals surface area contributed by atoms with Gasteiger partial charge in [-0.25, -0.2) is 4.98 Å². The number of hydrogen-bond acceptors (Lipinski definition) is 5. The Morgan fingerprint density at radius 3 is 2.33 bits per heavy atom. The highest BCUT2D eigenvalue weighted by Crippen LogP contribution is 2.41. The van der Waals surface area contributed by atoms with Crippen LogP contribution in [0.1, 0.15) is 11.1 Å². The first-order valence-corrected chi connectivity index (χ1v) is 9.65. The van der Waals surface area contributed by atoms with Gasteiger partial charge in [0.15, 0.2) is 0 Å². The first kappa shape index (κ1) is 19.7. The lowest BCUT2D eigenvalue weighted by atomic mass is 10.1. The molecule has 0 aliphatic heterocycles. The molecule has 2 aromatic carbocycles. The highest BCUT2D eigenvalue weighted by Gasteiger charge is 2.12. The van der Waals surface area contributed by atoms with Crippen molar-refractivity contribution in [3.05, 3.63) is 69.8 Å². The summed E-state index contributed by atoms with van der Waals surface area (Å²) in [7, 11) is 3.25. The number of anilines is 1. The second-order valence-corrected chi connectivity index (χ2v) is 7.67. The van der Waals surface area contributed by atoms with E-state index < -0.39 is 0 Å². The average molecular weight is 421 g/mol. The van der Waals surface area contributed by atoms with Gasteiger partial charge in [-0.3, -0.25) is 0 Å². The molecule has 0 aliphatic carbocycles. The van der Waals surface area contributed by atoms with Crippen LogP contribution >= 0.6 is 35.0 Å². The summed E-state index contributed by atoms with van der Waals surface area (Å²) < 4.78 is 10.6. The van der Waals surface area contributed by atoms with Crippen molar-refractivity contribution in [3.63, 3.8) is 0 Å². The van der Waals surface area contributed by atoms with E-state index in [4.69, 9.17) is 38.4 Å². The van der Waals surface area contributed by atoms with Crippen LogP contribution in [-0.4, -0.2) is 19.2 Å². The molecule has 0 unspecified atom stereocenters. The lowest BCUT2D eigenvalue weighted by Gasteiger charge is -2.12. The van der Waals surface area contributed by atoms with Crippen molar-refractivity contribution in [3.8, 4) is 11.6 Å². The van der Waals surface area contributed by atoms with Gasteiger partial charge in [0, 0.05) is 34.2 Å². The highest BCUT2D eigenvalue weighted by molar-refractivity contribution is 7.99. The molecule has 3 rings (SSSR count). The lowest BCUT2D eigenvalue weighted by molar-refractivity contribution is 0.397. The van der Waals surface area contributed by atoms with Gasteiger partial charge < -0.3 is 15.2 Å². The molecule has 0 radical (unpaired) electrons. The molecule has 0 atom stereocenters. The first-order valence-electron chi connectivity index (χ1n) is 8.08. The molecule has 0 bridgehead atoms. The molecule has 0 spiro atoms. The monoisotopic (exact) mass is 420 g/mol. The molecule has 140 valence electrons. The van der Waals surface area contributed by atoms with Crippen LogP contribution in [0.4, 0.5) is 5.69 Å². The fourth-order valence-corrected chi connectivity index (χ4v) is 4.23. The molecule has 1 heterocycles. The highest BCUT2D eigenvalue weighted by atomic mass is 35.5. The molecule has 0 aliphatic rings. The summed E-state index contributed by atoms with van der Waals surface area (Å²) in [5.74, 6) is 1.40. The Balaban J connectivity index is 1.89. The predicted octanol–water partition coefficient (Wildman–Crippen LogP) is 5.73. The number of hydrogen-bond donors (Lipinski definition) is 1. The summed E-state index contributed by atoms with van der Waals surface area (Å²) in [4.78, 5) is 6.03. The summed E-state index contributed by atoms with van der Waals surface area (Å²) >= 11 is 14.1. The maximum absolute atomic E-state index is 6.31. The first-order chi connectivity index (χ1) is 13.0. The SMILES string of the molecule is COc1ccc(Cc2cc(Sc3c(Cl)cc(N)cc3Cl)ccc2OC)cn1. The topological polar surface area (TPSA) is 57.4 Å². The van der Waals surface area contributed by atoms with Crippen molar-refractivity contribution >= 4 is 40.7 Å². The fourth-order valence-electron chi connectivity index (χ4n) is 2.61. The van der Waals surface area contributed by atoms with Crippen LogP contribution in [0, 0.1) is 0 Å². The summed E-state index contributed by atoms with van der Waals surface area (Å²) in [6, 6.07) is 13.2. The second kappa shape index (κ2) is 8.74. The van der Waals surface area contributed by atoms with Gasteiger partial charge in [-0.15, -0.1) is 0 Å². The van der Waals surface area contributed by atoms with Crippen LogP contribution in [0.2, 0.25) is 10.0 Å². The van der Waals surface area contributed by atoms with Crippen molar-refractivity contribution in [2.24, 2.45) is 0 Å². The van der Waals surface area contributed by atoms with Gasteiger partial charge in [0.1, 0.15) is 5.75 Å². The molecule has 2 N–H and O–H groups in total. The van der Waals surface area contributed by atoms with E-state index in [9.17, 15) is 0 Å². The number of aromatic nitrogens is 1. The minimum atomic E-state index is 0.529. The van der Waals surface area contributed by atoms with Crippen molar-refractivity contribution < 1.29 is 9.47 Å². The van der Waals surface area contributed by atoms with E-state index in [0.29, 0.717) is 28.0 Å². The largest absolute Gasteiger partial charge is 0.496 e. The molecule has 0 amide bonds. The van der Waals surface area contributed by atoms with Crippen molar-refractivity contribution in [1.29, 1.82) is 0 Å². The molecule has 0 fully saturated rings. The van der Waals surface area contributed by atoms with E-state index in [1.165, 1.54) is 11.8 Å². The summed E-state index contributed by atoms with van der Waals surface area (Å²) in [6.07, 6.45) is 2.48. The third-order valence-electron chi connectivity index (χ3n) is 3.89. The minimum absolute atomic E-state index is 0.529. The van der Waals surface area contributed by atoms with Crippen LogP contribution < -0.4 is 15.2 Å². The molecular weight excluding hydrogens is 403 g/mol. The van der Waals surface area contributed by atoms with Gasteiger partial charge in [0.05, 0.1) is 24.3 Å². The van der Waals surface area contributed by atoms with Crippen molar-refractivity contribution in [1.82, 2.24) is 4.98 Å². The van der Waals surface area contributed by atoms with Gasteiger partial charge in [-0.05, 0) is 41.5 Å². The van der Waals surface area contributed by atoms with E-state index in [2.05, 4.69) is 11.1 Å². The van der Waals surface area contributed by atoms with Gasteiger partial charge in [0.2, 0.25) is 5.88 Å². The molecule has 7 heteroatoms. The Morgan fingerprint density at radius 2 is 1.74 bits per heavy atom. The van der Waals surface area contributed by atoms with Gasteiger partial charge in [0.25, 0.3) is 0 Å². The quantitative estimate of drug-likeness (QED) is 0.515. The molecule has 0 saturated heterocycles. The molecule has 3 aromatic rings. The third kappa shape index (κ3) is 4.80. The Bertz CT molecular complexity index is 926. The Hall–Kier alpha value is -2.08. The number of nitrogens with zero attached hydrogens (tertiary/aromatic N) is 1. The fraction of sp³-hybridized carbons (Fsp3) is 0.150. The number of benzene rings is 2. The smallest absolute Gasteiger partial charge is 0.212 e. The number of nitrogen functional groups attached to an aromatic ring is 1. The third-order valence-corrected chi connectivity index (χ3v) is 5.85. The van der Waals surface area contributed by atoms with Gasteiger partial charge in [-0.1, -0.05) is 41.0 Å². The van der Waals surface area contributed by atoms with Crippen LogP contribution in [0.15, 0.2) is 58.5 Å². The van der Waals surface area contributed by atoms with Crippen molar-refractivity contribution in [2.75, 3.05) is 20.0 Å². The maximum atomic E-state index is 6.31. The summed E-state index contributed by atoms with van der Waals surface area (Å²) in [6.45, 7) is 0. The standard InChI is InChI=1S/C20H18Cl2N2O2S/c1-25-18-5-4-15(27-20-16(21)9-14(23)10-17(20)22)8-13(18)7-12-3-6-19(26-2)24-11-12/h3-6,8-11H,7,23H2,1-2H3. The summed E-state index contributed by atoms with van der Waals surface area (Å²) in [5.41, 5.74) is 8.41. The van der Waals surface area contributed by atoms with Crippen molar-refractivity contribution in [2.45, 2.75) is 16.2 Å². The van der Waals surface area contributed by atoms with Gasteiger partial charge >= 0.3 is 0 Å². The number of ether oxygens (including phenoxy) is 2. The van der Waals surface area contributed by atoms with E-state index in [0.717, 1.165) is 26.7 Å². The average Bonchev–Trinajstić information content (AvgIpc) is 2.65. The molecule has 4 nitrogen and oxygen atoms in total. The Morgan fingerprint density at radius 1 is 1.00 bits per heavy atom. The van der Waals surface area contributed by atoms with Crippen LogP contribution in [0.5, 0.6) is 11.6 Å².